The fourth-order valence-corrected chi connectivity index (χ4v) is 3.03. The van der Waals surface area contributed by atoms with Gasteiger partial charge in [0.1, 0.15) is 6.04 Å². The molecule has 116 valence electrons. The number of amides is 2. The van der Waals surface area contributed by atoms with E-state index < -0.39 is 0 Å². The largest absolute Gasteiger partial charge is 0.350 e. The second kappa shape index (κ2) is 5.35. The molecule has 2 N–H and O–H groups in total. The molecule has 2 fully saturated rings. The van der Waals surface area contributed by atoms with Gasteiger partial charge in [-0.05, 0) is 18.6 Å². The highest BCUT2D eigenvalue weighted by Gasteiger charge is 2.46. The van der Waals surface area contributed by atoms with Crippen molar-refractivity contribution in [3.8, 4) is 0 Å². The number of hydrogen-bond acceptors (Lipinski definition) is 5. The predicted octanol–water partition coefficient (Wildman–Crippen LogP) is 0.933. The lowest BCUT2D eigenvalue weighted by Gasteiger charge is -2.26. The fraction of sp³-hybridized carbons (Fsp3) is 0.250. The zero-order valence-electron chi connectivity index (χ0n) is 12.3. The molecule has 0 radical (unpaired) electrons. The molecule has 2 bridgehead atoms. The van der Waals surface area contributed by atoms with Gasteiger partial charge in [-0.25, -0.2) is 9.97 Å². The van der Waals surface area contributed by atoms with Crippen LogP contribution in [0.3, 0.4) is 0 Å². The van der Waals surface area contributed by atoms with Gasteiger partial charge in [0, 0.05) is 30.7 Å². The van der Waals surface area contributed by atoms with Crippen LogP contribution in [-0.4, -0.2) is 45.3 Å². The minimum absolute atomic E-state index is 0.0714. The molecule has 0 unspecified atom stereocenters. The molecular formula is C16H15N5O2. The van der Waals surface area contributed by atoms with Crippen molar-refractivity contribution >= 4 is 23.5 Å². The van der Waals surface area contributed by atoms with E-state index in [0.717, 1.165) is 5.69 Å². The molecule has 2 atom stereocenters. The van der Waals surface area contributed by atoms with E-state index in [1.54, 1.807) is 4.90 Å². The number of carbonyl (C=O) groups is 2. The summed E-state index contributed by atoms with van der Waals surface area (Å²) in [6, 6.07) is 9.28. The number of rotatable bonds is 3. The highest BCUT2D eigenvalue weighted by atomic mass is 16.2. The summed E-state index contributed by atoms with van der Waals surface area (Å²) in [5.41, 5.74) is 1.27. The van der Waals surface area contributed by atoms with Gasteiger partial charge in [-0.2, -0.15) is 0 Å². The van der Waals surface area contributed by atoms with Crippen molar-refractivity contribution in [2.24, 2.45) is 0 Å². The molecule has 2 saturated heterocycles. The maximum atomic E-state index is 12.5. The zero-order valence-corrected chi connectivity index (χ0v) is 12.3. The van der Waals surface area contributed by atoms with Gasteiger partial charge < -0.3 is 15.5 Å². The van der Waals surface area contributed by atoms with Crippen molar-refractivity contribution < 1.29 is 9.59 Å². The van der Waals surface area contributed by atoms with E-state index in [0.29, 0.717) is 24.5 Å². The van der Waals surface area contributed by atoms with E-state index in [1.807, 2.05) is 30.3 Å². The first kappa shape index (κ1) is 13.7. The minimum atomic E-state index is -0.352. The quantitative estimate of drug-likeness (QED) is 0.881. The van der Waals surface area contributed by atoms with E-state index in [9.17, 15) is 9.59 Å². The molecule has 1 aromatic heterocycles. The van der Waals surface area contributed by atoms with Crippen LogP contribution in [0.5, 0.6) is 0 Å². The summed E-state index contributed by atoms with van der Waals surface area (Å²) in [6.07, 6.45) is 3.67. The summed E-state index contributed by atoms with van der Waals surface area (Å²) < 4.78 is 0. The predicted molar refractivity (Wildman–Crippen MR) is 83.1 cm³/mol. The third kappa shape index (κ3) is 2.50. The van der Waals surface area contributed by atoms with E-state index >= 15 is 0 Å². The van der Waals surface area contributed by atoms with Gasteiger partial charge in [0.2, 0.25) is 11.9 Å². The summed E-state index contributed by atoms with van der Waals surface area (Å²) in [5, 5.41) is 5.91. The lowest BCUT2D eigenvalue weighted by molar-refractivity contribution is -0.124. The van der Waals surface area contributed by atoms with Crippen LogP contribution in [0.25, 0.3) is 0 Å². The summed E-state index contributed by atoms with van der Waals surface area (Å²) in [7, 11) is 0. The molecule has 7 heteroatoms. The molecule has 1 aromatic carbocycles. The molecule has 7 nitrogen and oxygen atoms in total. The minimum Gasteiger partial charge on any atom is -0.350 e. The number of anilines is 2. The van der Waals surface area contributed by atoms with Crippen LogP contribution in [0, 0.1) is 0 Å². The molecule has 0 aliphatic carbocycles. The smallest absolute Gasteiger partial charge is 0.257 e. The summed E-state index contributed by atoms with van der Waals surface area (Å²) in [4.78, 5) is 34.1. The highest BCUT2D eigenvalue weighted by Crippen LogP contribution is 2.26. The fourth-order valence-electron chi connectivity index (χ4n) is 3.03. The third-order valence-corrected chi connectivity index (χ3v) is 4.14. The standard InChI is InChI=1S/C16H15N5O2/c22-14-13-6-12(19-14)9-21(13)15(23)10-7-17-16(18-8-10)20-11-4-2-1-3-5-11/h1-5,7-8,12-13H,6,9H2,(H,19,22)(H,17,18,20)/t12-,13-/m0/s1. The monoisotopic (exact) mass is 309 g/mol. The number of carbonyl (C=O) groups excluding carboxylic acids is 2. The summed E-state index contributed by atoms with van der Waals surface area (Å²) >= 11 is 0. The molecule has 2 amide bonds. The molecular weight excluding hydrogens is 294 g/mol. The van der Waals surface area contributed by atoms with Gasteiger partial charge in [0.15, 0.2) is 0 Å². The van der Waals surface area contributed by atoms with E-state index in [2.05, 4.69) is 20.6 Å². The van der Waals surface area contributed by atoms with Crippen LogP contribution < -0.4 is 10.6 Å². The summed E-state index contributed by atoms with van der Waals surface area (Å²) in [6.45, 7) is 0.555. The third-order valence-electron chi connectivity index (χ3n) is 4.14. The lowest BCUT2D eigenvalue weighted by atomic mass is 10.2. The molecule has 4 rings (SSSR count). The van der Waals surface area contributed by atoms with Gasteiger partial charge in [-0.3, -0.25) is 9.59 Å². The SMILES string of the molecule is O=C1N[C@H]2C[C@@H]1N(C(=O)c1cnc(Nc3ccccc3)nc1)C2. The van der Waals surface area contributed by atoms with Gasteiger partial charge in [-0.15, -0.1) is 0 Å². The Balaban J connectivity index is 1.48. The Bertz CT molecular complexity index is 747. The van der Waals surface area contributed by atoms with Crippen LogP contribution in [0.4, 0.5) is 11.6 Å². The number of nitrogens with one attached hydrogen (secondary N) is 2. The second-order valence-electron chi connectivity index (χ2n) is 5.70. The van der Waals surface area contributed by atoms with Crippen molar-refractivity contribution in [3.05, 3.63) is 48.3 Å². The zero-order chi connectivity index (χ0) is 15.8. The van der Waals surface area contributed by atoms with Crippen molar-refractivity contribution in [1.82, 2.24) is 20.2 Å². The molecule has 23 heavy (non-hydrogen) atoms. The Morgan fingerprint density at radius 3 is 2.61 bits per heavy atom. The summed E-state index contributed by atoms with van der Waals surface area (Å²) in [5.74, 6) is 0.157. The second-order valence-corrected chi connectivity index (χ2v) is 5.70. The molecule has 0 saturated carbocycles. The van der Waals surface area contributed by atoms with Crippen LogP contribution in [-0.2, 0) is 4.79 Å². The number of hydrogen-bond donors (Lipinski definition) is 2. The molecule has 2 aromatic rings. The number of aromatic nitrogens is 2. The maximum absolute atomic E-state index is 12.5. The Kier molecular flexibility index (Phi) is 3.18. The van der Waals surface area contributed by atoms with E-state index in [4.69, 9.17) is 0 Å². The van der Waals surface area contributed by atoms with Crippen LogP contribution >= 0.6 is 0 Å². The van der Waals surface area contributed by atoms with Crippen LogP contribution in [0.15, 0.2) is 42.7 Å². The Morgan fingerprint density at radius 2 is 1.96 bits per heavy atom. The van der Waals surface area contributed by atoms with Crippen molar-refractivity contribution in [1.29, 1.82) is 0 Å². The first-order chi connectivity index (χ1) is 11.2. The van der Waals surface area contributed by atoms with E-state index in [1.165, 1.54) is 12.4 Å². The topological polar surface area (TPSA) is 87.2 Å². The van der Waals surface area contributed by atoms with Crippen molar-refractivity contribution in [2.45, 2.75) is 18.5 Å². The number of likely N-dealkylation sites (tertiary alicyclic amines) is 1. The van der Waals surface area contributed by atoms with Crippen LogP contribution in [0.1, 0.15) is 16.8 Å². The van der Waals surface area contributed by atoms with Crippen molar-refractivity contribution in [3.63, 3.8) is 0 Å². The van der Waals surface area contributed by atoms with Gasteiger partial charge >= 0.3 is 0 Å². The first-order valence-electron chi connectivity index (χ1n) is 7.46. The molecule has 2 aliphatic rings. The lowest BCUT2D eigenvalue weighted by Crippen LogP contribution is -2.50. The Hall–Kier alpha value is -2.96. The van der Waals surface area contributed by atoms with Gasteiger partial charge in [0.25, 0.3) is 5.91 Å². The first-order valence-corrected chi connectivity index (χ1v) is 7.46. The van der Waals surface area contributed by atoms with Gasteiger partial charge in [0.05, 0.1) is 5.56 Å². The van der Waals surface area contributed by atoms with E-state index in [-0.39, 0.29) is 23.9 Å². The Labute approximate surface area is 132 Å². The molecule has 2 aliphatic heterocycles. The average Bonchev–Trinajstić information content (AvgIpc) is 3.15. The van der Waals surface area contributed by atoms with Crippen LogP contribution in [0.2, 0.25) is 0 Å². The number of piperazine rings is 1. The Morgan fingerprint density at radius 1 is 1.22 bits per heavy atom. The van der Waals surface area contributed by atoms with Crippen molar-refractivity contribution in [2.75, 3.05) is 11.9 Å². The molecule has 0 spiro atoms. The normalized spacial score (nSPS) is 22.1. The molecule has 3 heterocycles. The number of nitrogens with zero attached hydrogens (tertiary/aromatic N) is 3. The van der Waals surface area contributed by atoms with Gasteiger partial charge in [-0.1, -0.05) is 18.2 Å². The maximum Gasteiger partial charge on any atom is 0.257 e. The number of fused-ring (bicyclic) bond motifs is 2. The highest BCUT2D eigenvalue weighted by molar-refractivity contribution is 5.99. The number of para-hydroxylation sites is 1. The average molecular weight is 309 g/mol. The number of benzene rings is 1.